The van der Waals surface area contributed by atoms with Crippen molar-refractivity contribution >= 4 is 5.65 Å². The summed E-state index contributed by atoms with van der Waals surface area (Å²) in [5.41, 5.74) is 2.09. The van der Waals surface area contributed by atoms with Gasteiger partial charge in [-0.3, -0.25) is 4.79 Å². The fraction of sp³-hybridized carbons (Fsp3) is 0.417. The lowest BCUT2D eigenvalue weighted by atomic mass is 10.0. The predicted molar refractivity (Wildman–Crippen MR) is 62.6 cm³/mol. The molecule has 0 aromatic carbocycles. The maximum absolute atomic E-state index is 11.2. The largest absolute Gasteiger partial charge is 0.342 e. The number of hydrogen-bond donors (Lipinski definition) is 2. The van der Waals surface area contributed by atoms with Crippen molar-refractivity contribution in [3.63, 3.8) is 0 Å². The number of H-pyrrole nitrogens is 1. The van der Waals surface area contributed by atoms with Gasteiger partial charge in [-0.15, -0.1) is 0 Å². The molecule has 1 aliphatic rings. The number of aromatic nitrogens is 2. The lowest BCUT2D eigenvalue weighted by Crippen LogP contribution is -2.26. The average molecular weight is 217 g/mol. The lowest BCUT2D eigenvalue weighted by Gasteiger charge is -2.21. The fourth-order valence-corrected chi connectivity index (χ4v) is 2.33. The molecule has 0 spiro atoms. The fourth-order valence-electron chi connectivity index (χ4n) is 2.33. The Morgan fingerprint density at radius 3 is 3.12 bits per heavy atom. The summed E-state index contributed by atoms with van der Waals surface area (Å²) in [7, 11) is 0. The third kappa shape index (κ3) is 1.65. The first-order valence-corrected chi connectivity index (χ1v) is 5.77. The molecule has 3 heterocycles. The molecule has 0 aliphatic carbocycles. The number of fused-ring (bicyclic) bond motifs is 1. The van der Waals surface area contributed by atoms with Gasteiger partial charge in [0.1, 0.15) is 5.65 Å². The van der Waals surface area contributed by atoms with E-state index in [9.17, 15) is 4.79 Å². The summed E-state index contributed by atoms with van der Waals surface area (Å²) in [6.07, 6.45) is 7.56. The van der Waals surface area contributed by atoms with E-state index in [-0.39, 0.29) is 5.43 Å². The predicted octanol–water partition coefficient (Wildman–Crippen LogP) is 1.44. The van der Waals surface area contributed by atoms with Crippen LogP contribution in [-0.2, 0) is 0 Å². The molecule has 4 heteroatoms. The zero-order valence-corrected chi connectivity index (χ0v) is 9.07. The molecular weight excluding hydrogens is 202 g/mol. The minimum absolute atomic E-state index is 0.0463. The van der Waals surface area contributed by atoms with Gasteiger partial charge in [-0.25, -0.2) is 0 Å². The summed E-state index contributed by atoms with van der Waals surface area (Å²) in [6, 6.07) is 3.62. The quantitative estimate of drug-likeness (QED) is 0.759. The topological polar surface area (TPSA) is 49.3 Å². The van der Waals surface area contributed by atoms with Crippen LogP contribution < -0.4 is 10.7 Å². The maximum Gasteiger partial charge on any atom is 0.183 e. The van der Waals surface area contributed by atoms with Gasteiger partial charge < -0.3 is 14.7 Å². The Labute approximate surface area is 93.3 Å². The van der Waals surface area contributed by atoms with E-state index in [1.807, 2.05) is 4.40 Å². The lowest BCUT2D eigenvalue weighted by molar-refractivity contribution is 0.406. The molecule has 1 saturated heterocycles. The van der Waals surface area contributed by atoms with Crippen molar-refractivity contribution in [1.29, 1.82) is 0 Å². The molecule has 1 atom stereocenters. The van der Waals surface area contributed by atoms with Gasteiger partial charge in [0.15, 0.2) is 5.43 Å². The van der Waals surface area contributed by atoms with Gasteiger partial charge >= 0.3 is 0 Å². The molecule has 16 heavy (non-hydrogen) atoms. The average Bonchev–Trinajstić information content (AvgIpc) is 2.73. The molecule has 84 valence electrons. The van der Waals surface area contributed by atoms with Crippen LogP contribution >= 0.6 is 0 Å². The van der Waals surface area contributed by atoms with Crippen LogP contribution in [0.3, 0.4) is 0 Å². The molecule has 1 aliphatic heterocycles. The third-order valence-corrected chi connectivity index (χ3v) is 3.19. The van der Waals surface area contributed by atoms with Crippen molar-refractivity contribution in [2.45, 2.75) is 25.3 Å². The smallest absolute Gasteiger partial charge is 0.183 e. The van der Waals surface area contributed by atoms with E-state index in [1.165, 1.54) is 18.5 Å². The van der Waals surface area contributed by atoms with Crippen LogP contribution in [0.2, 0.25) is 0 Å². The van der Waals surface area contributed by atoms with Crippen molar-refractivity contribution in [3.05, 3.63) is 40.4 Å². The number of hydrogen-bond acceptors (Lipinski definition) is 2. The summed E-state index contributed by atoms with van der Waals surface area (Å²) in [6.45, 7) is 1.08. The molecule has 4 nitrogen and oxygen atoms in total. The van der Waals surface area contributed by atoms with Crippen molar-refractivity contribution in [2.75, 3.05) is 6.54 Å². The van der Waals surface area contributed by atoms with E-state index in [1.54, 1.807) is 18.3 Å². The first-order chi connectivity index (χ1) is 7.83. The molecule has 1 fully saturated rings. The molecular formula is C12H15N3O. The van der Waals surface area contributed by atoms with Gasteiger partial charge in [0.05, 0.1) is 5.69 Å². The van der Waals surface area contributed by atoms with Crippen LogP contribution in [0.15, 0.2) is 29.3 Å². The standard InChI is InChI=1S/C12H15N3O/c16-9-4-6-15-8-11(14-12(15)7-9)10-3-1-2-5-13-10/h4,6-8,10,13-14H,1-3,5H2. The van der Waals surface area contributed by atoms with Gasteiger partial charge in [-0.2, -0.15) is 0 Å². The van der Waals surface area contributed by atoms with Gasteiger partial charge in [-0.1, -0.05) is 6.42 Å². The van der Waals surface area contributed by atoms with Crippen LogP contribution in [0, 0.1) is 0 Å². The zero-order chi connectivity index (χ0) is 11.0. The highest BCUT2D eigenvalue weighted by atomic mass is 16.1. The van der Waals surface area contributed by atoms with Crippen LogP contribution in [0.4, 0.5) is 0 Å². The minimum Gasteiger partial charge on any atom is -0.342 e. The molecule has 0 bridgehead atoms. The number of aromatic amines is 1. The summed E-state index contributed by atoms with van der Waals surface area (Å²) >= 11 is 0. The van der Waals surface area contributed by atoms with Crippen molar-refractivity contribution in [2.24, 2.45) is 0 Å². The minimum atomic E-state index is 0.0463. The van der Waals surface area contributed by atoms with E-state index in [0.717, 1.165) is 18.6 Å². The summed E-state index contributed by atoms with van der Waals surface area (Å²) in [4.78, 5) is 14.5. The second-order valence-electron chi connectivity index (χ2n) is 4.37. The number of imidazole rings is 1. The molecule has 1 unspecified atom stereocenters. The first kappa shape index (κ1) is 9.66. The molecule has 2 N–H and O–H groups in total. The Balaban J connectivity index is 2.00. The molecule has 0 amide bonds. The molecule has 2 aromatic heterocycles. The van der Waals surface area contributed by atoms with Gasteiger partial charge in [0.25, 0.3) is 0 Å². The van der Waals surface area contributed by atoms with E-state index in [4.69, 9.17) is 0 Å². The number of rotatable bonds is 1. The van der Waals surface area contributed by atoms with E-state index in [0.29, 0.717) is 6.04 Å². The van der Waals surface area contributed by atoms with Crippen molar-refractivity contribution in [1.82, 2.24) is 14.7 Å². The third-order valence-electron chi connectivity index (χ3n) is 3.19. The monoisotopic (exact) mass is 217 g/mol. The molecule has 2 aromatic rings. The molecule has 0 radical (unpaired) electrons. The Kier molecular flexibility index (Phi) is 2.29. The van der Waals surface area contributed by atoms with E-state index in [2.05, 4.69) is 16.5 Å². The molecule has 0 saturated carbocycles. The van der Waals surface area contributed by atoms with Crippen LogP contribution in [0.5, 0.6) is 0 Å². The second-order valence-corrected chi connectivity index (χ2v) is 4.37. The van der Waals surface area contributed by atoms with Crippen molar-refractivity contribution < 1.29 is 0 Å². The summed E-state index contributed by atoms with van der Waals surface area (Å²) in [5, 5.41) is 3.49. The zero-order valence-electron chi connectivity index (χ0n) is 9.07. The number of piperidine rings is 1. The van der Waals surface area contributed by atoms with E-state index < -0.39 is 0 Å². The van der Waals surface area contributed by atoms with Crippen molar-refractivity contribution in [3.8, 4) is 0 Å². The highest BCUT2D eigenvalue weighted by Crippen LogP contribution is 2.21. The van der Waals surface area contributed by atoms with E-state index >= 15 is 0 Å². The van der Waals surface area contributed by atoms with Gasteiger partial charge in [0.2, 0.25) is 0 Å². The Bertz CT molecular complexity index is 549. The summed E-state index contributed by atoms with van der Waals surface area (Å²) < 4.78 is 1.97. The highest BCUT2D eigenvalue weighted by molar-refractivity contribution is 5.40. The van der Waals surface area contributed by atoms with Gasteiger partial charge in [-0.05, 0) is 19.4 Å². The second kappa shape index (κ2) is 3.79. The number of pyridine rings is 1. The molecule has 3 rings (SSSR count). The van der Waals surface area contributed by atoms with Crippen LogP contribution in [0.25, 0.3) is 5.65 Å². The van der Waals surface area contributed by atoms with Crippen LogP contribution in [0.1, 0.15) is 31.0 Å². The first-order valence-electron chi connectivity index (χ1n) is 5.77. The SMILES string of the molecule is O=c1ccn2cc(C3CCCCN3)[nH]c2c1. The number of nitrogens with zero attached hydrogens (tertiary/aromatic N) is 1. The van der Waals surface area contributed by atoms with Gasteiger partial charge in [0, 0.05) is 30.6 Å². The normalized spacial score (nSPS) is 21.4. The highest BCUT2D eigenvalue weighted by Gasteiger charge is 2.16. The Morgan fingerprint density at radius 2 is 2.31 bits per heavy atom. The Hall–Kier alpha value is -1.55. The van der Waals surface area contributed by atoms with Crippen LogP contribution in [-0.4, -0.2) is 15.9 Å². The summed E-state index contributed by atoms with van der Waals surface area (Å²) in [5.74, 6) is 0. The number of nitrogens with one attached hydrogen (secondary N) is 2. The Morgan fingerprint density at radius 1 is 1.38 bits per heavy atom. The maximum atomic E-state index is 11.2.